The number of rotatable bonds is 14. The highest BCUT2D eigenvalue weighted by molar-refractivity contribution is 5.73. The first kappa shape index (κ1) is 20.4. The van der Waals surface area contributed by atoms with Crippen molar-refractivity contribution in [1.29, 1.82) is 0 Å². The Balaban J connectivity index is 3.78. The lowest BCUT2D eigenvalue weighted by Crippen LogP contribution is -2.35. The zero-order valence-electron chi connectivity index (χ0n) is 15.0. The van der Waals surface area contributed by atoms with Gasteiger partial charge < -0.3 is 10.2 Å². The lowest BCUT2D eigenvalue weighted by Gasteiger charge is -2.25. The number of primary amides is 1. The molecule has 0 rings (SSSR count). The molecule has 0 saturated carbocycles. The second-order valence-electron chi connectivity index (χ2n) is 7.60. The molecule has 3 heteroatoms. The zero-order valence-corrected chi connectivity index (χ0v) is 15.0. The first-order valence-corrected chi connectivity index (χ1v) is 8.94. The highest BCUT2D eigenvalue weighted by Gasteiger charge is 2.14. The number of amides is 1. The van der Waals surface area contributed by atoms with Gasteiger partial charge in [0, 0.05) is 6.42 Å². The molecule has 1 unspecified atom stereocenters. The predicted molar refractivity (Wildman–Crippen MR) is 92.0 cm³/mol. The van der Waals surface area contributed by atoms with Crippen molar-refractivity contribution in [3.8, 4) is 0 Å². The van der Waals surface area contributed by atoms with Crippen molar-refractivity contribution >= 4 is 5.91 Å². The zero-order chi connectivity index (χ0) is 16.1. The van der Waals surface area contributed by atoms with Crippen LogP contribution in [0, 0.1) is 5.92 Å². The van der Waals surface area contributed by atoms with Gasteiger partial charge in [-0.1, -0.05) is 51.9 Å². The fourth-order valence-corrected chi connectivity index (χ4v) is 2.88. The summed E-state index contributed by atoms with van der Waals surface area (Å²) in [5.74, 6) is 0.373. The Hall–Kier alpha value is -0.570. The van der Waals surface area contributed by atoms with E-state index in [1.807, 2.05) is 0 Å². The van der Waals surface area contributed by atoms with Gasteiger partial charge in [0.2, 0.25) is 5.91 Å². The summed E-state index contributed by atoms with van der Waals surface area (Å²) in [7, 11) is 6.66. The molecule has 0 aliphatic carbocycles. The largest absolute Gasteiger partial charge is 0.370 e. The van der Waals surface area contributed by atoms with Crippen molar-refractivity contribution in [2.45, 2.75) is 77.6 Å². The minimum absolute atomic E-state index is 0.131. The van der Waals surface area contributed by atoms with Gasteiger partial charge in [-0.05, 0) is 25.2 Å². The lowest BCUT2D eigenvalue weighted by molar-refractivity contribution is -0.870. The first-order valence-electron chi connectivity index (χ1n) is 8.94. The maximum Gasteiger partial charge on any atom is 0.217 e. The summed E-state index contributed by atoms with van der Waals surface area (Å²) in [5, 5.41) is 0. The van der Waals surface area contributed by atoms with Crippen LogP contribution in [0.5, 0.6) is 0 Å². The third kappa shape index (κ3) is 15.6. The number of carbonyl (C=O) groups is 1. The number of nitrogens with zero attached hydrogens (tertiary/aromatic N) is 1. The molecule has 1 atom stereocenters. The van der Waals surface area contributed by atoms with Crippen molar-refractivity contribution in [3.05, 3.63) is 0 Å². The van der Waals surface area contributed by atoms with Crippen LogP contribution in [-0.4, -0.2) is 38.1 Å². The quantitative estimate of drug-likeness (QED) is 0.381. The maximum atomic E-state index is 11.2. The molecule has 126 valence electrons. The van der Waals surface area contributed by atoms with Crippen molar-refractivity contribution in [2.24, 2.45) is 11.7 Å². The standard InChI is InChI=1S/C18H38N2O/c1-5-6-7-8-9-10-11-13-17(16-18(19)21)14-12-15-20(2,3)4/h17H,5-16H2,1-4H3,(H-,19,21)/p+1. The molecule has 0 heterocycles. The molecule has 0 radical (unpaired) electrons. The van der Waals surface area contributed by atoms with Crippen molar-refractivity contribution in [2.75, 3.05) is 27.7 Å². The molecule has 0 aromatic heterocycles. The van der Waals surface area contributed by atoms with E-state index in [2.05, 4.69) is 28.1 Å². The smallest absolute Gasteiger partial charge is 0.217 e. The second kappa shape index (κ2) is 12.0. The highest BCUT2D eigenvalue weighted by Crippen LogP contribution is 2.20. The second-order valence-corrected chi connectivity index (χ2v) is 7.60. The van der Waals surface area contributed by atoms with Crippen molar-refractivity contribution < 1.29 is 9.28 Å². The molecule has 0 aromatic rings. The summed E-state index contributed by atoms with van der Waals surface area (Å²) in [4.78, 5) is 11.2. The van der Waals surface area contributed by atoms with Crippen LogP contribution < -0.4 is 5.73 Å². The molecule has 0 fully saturated rings. The summed E-state index contributed by atoms with van der Waals surface area (Å²) < 4.78 is 1.00. The molecule has 0 aromatic carbocycles. The van der Waals surface area contributed by atoms with E-state index < -0.39 is 0 Å². The molecule has 0 spiro atoms. The van der Waals surface area contributed by atoms with Crippen LogP contribution in [-0.2, 0) is 4.79 Å². The van der Waals surface area contributed by atoms with Crippen LogP contribution in [0.4, 0.5) is 0 Å². The van der Waals surface area contributed by atoms with Gasteiger partial charge in [0.25, 0.3) is 0 Å². The molecule has 0 bridgehead atoms. The first-order chi connectivity index (χ1) is 9.85. The number of hydrogen-bond acceptors (Lipinski definition) is 1. The van der Waals surface area contributed by atoms with Crippen LogP contribution in [0.2, 0.25) is 0 Å². The summed E-state index contributed by atoms with van der Waals surface area (Å²) in [6, 6.07) is 0. The molecule has 2 N–H and O–H groups in total. The summed E-state index contributed by atoms with van der Waals surface area (Å²) in [5.41, 5.74) is 5.39. The number of nitrogens with two attached hydrogens (primary N) is 1. The van der Waals surface area contributed by atoms with E-state index in [9.17, 15) is 4.79 Å². The normalized spacial score (nSPS) is 13.3. The predicted octanol–water partition coefficient (Wildman–Crippen LogP) is 4.11. The SMILES string of the molecule is CCCCCCCCCC(CCC[N+](C)(C)C)CC(N)=O. The Bertz CT molecular complexity index is 258. The number of unbranched alkanes of at least 4 members (excludes halogenated alkanes) is 6. The van der Waals surface area contributed by atoms with E-state index in [0.717, 1.165) is 10.9 Å². The lowest BCUT2D eigenvalue weighted by atomic mass is 9.92. The van der Waals surface area contributed by atoms with E-state index in [4.69, 9.17) is 5.73 Å². The molecular weight excluding hydrogens is 260 g/mol. The molecule has 3 nitrogen and oxygen atoms in total. The van der Waals surface area contributed by atoms with Crippen LogP contribution in [0.25, 0.3) is 0 Å². The van der Waals surface area contributed by atoms with E-state index in [1.165, 1.54) is 64.3 Å². The maximum absolute atomic E-state index is 11.2. The van der Waals surface area contributed by atoms with Crippen LogP contribution >= 0.6 is 0 Å². The number of hydrogen-bond donors (Lipinski definition) is 1. The minimum Gasteiger partial charge on any atom is -0.370 e. The van der Waals surface area contributed by atoms with Gasteiger partial charge in [-0.15, -0.1) is 0 Å². The Morgan fingerprint density at radius 1 is 0.905 bits per heavy atom. The summed E-state index contributed by atoms with van der Waals surface area (Å²) in [6.07, 6.45) is 13.4. The van der Waals surface area contributed by atoms with Crippen molar-refractivity contribution in [1.82, 2.24) is 0 Å². The van der Waals surface area contributed by atoms with Gasteiger partial charge in [-0.25, -0.2) is 0 Å². The Labute approximate surface area is 132 Å². The molecular formula is C18H39N2O+. The summed E-state index contributed by atoms with van der Waals surface area (Å²) in [6.45, 7) is 3.43. The average molecular weight is 300 g/mol. The molecule has 0 aliphatic rings. The van der Waals surface area contributed by atoms with Gasteiger partial charge in [0.15, 0.2) is 0 Å². The van der Waals surface area contributed by atoms with Crippen LogP contribution in [0.3, 0.4) is 0 Å². The van der Waals surface area contributed by atoms with Gasteiger partial charge in [-0.3, -0.25) is 4.79 Å². The monoisotopic (exact) mass is 299 g/mol. The van der Waals surface area contributed by atoms with E-state index in [0.29, 0.717) is 12.3 Å². The average Bonchev–Trinajstić information content (AvgIpc) is 2.35. The van der Waals surface area contributed by atoms with Crippen LogP contribution in [0.1, 0.15) is 77.6 Å². The fourth-order valence-electron chi connectivity index (χ4n) is 2.88. The molecule has 21 heavy (non-hydrogen) atoms. The van der Waals surface area contributed by atoms with E-state index in [-0.39, 0.29) is 5.91 Å². The highest BCUT2D eigenvalue weighted by atomic mass is 16.1. The van der Waals surface area contributed by atoms with Gasteiger partial charge in [0.05, 0.1) is 27.7 Å². The summed E-state index contributed by atoms with van der Waals surface area (Å²) >= 11 is 0. The topological polar surface area (TPSA) is 43.1 Å². The minimum atomic E-state index is -0.131. The fraction of sp³-hybridized carbons (Fsp3) is 0.944. The van der Waals surface area contributed by atoms with Gasteiger partial charge in [-0.2, -0.15) is 0 Å². The van der Waals surface area contributed by atoms with Gasteiger partial charge >= 0.3 is 0 Å². The molecule has 1 amide bonds. The van der Waals surface area contributed by atoms with Crippen LogP contribution in [0.15, 0.2) is 0 Å². The Morgan fingerprint density at radius 3 is 1.95 bits per heavy atom. The van der Waals surface area contributed by atoms with Crippen molar-refractivity contribution in [3.63, 3.8) is 0 Å². The van der Waals surface area contributed by atoms with E-state index in [1.54, 1.807) is 0 Å². The number of carbonyl (C=O) groups excluding carboxylic acids is 1. The third-order valence-corrected chi connectivity index (χ3v) is 4.15. The Morgan fingerprint density at radius 2 is 1.43 bits per heavy atom. The van der Waals surface area contributed by atoms with E-state index >= 15 is 0 Å². The molecule has 0 saturated heterocycles. The molecule has 0 aliphatic heterocycles. The number of quaternary nitrogens is 1. The Kier molecular flexibility index (Phi) is 11.7. The van der Waals surface area contributed by atoms with Gasteiger partial charge in [0.1, 0.15) is 0 Å². The third-order valence-electron chi connectivity index (χ3n) is 4.15.